The number of rotatable bonds is 9. The van der Waals surface area contributed by atoms with E-state index in [0.29, 0.717) is 12.1 Å². The monoisotopic (exact) mass is 562 g/mol. The Hall–Kier alpha value is -2.35. The maximum Gasteiger partial charge on any atom is 0.416 e. The summed E-state index contributed by atoms with van der Waals surface area (Å²) < 4.78 is 94.1. The number of carbonyl (C=O) groups excluding carboxylic acids is 2. The van der Waals surface area contributed by atoms with Gasteiger partial charge in [-0.15, -0.1) is 0 Å². The standard InChI is InChI=1S/C19H15Cl2F3O8S2/c20-15-6-3-13(16(21)9-15)11-34(29,30)32-18(26)8-7-17(25)31-33(27,28)10-12-1-4-14(5-2-12)19(22,23)24/h1-6,9H,7-8,10-11H2. The van der Waals surface area contributed by atoms with Gasteiger partial charge in [0.25, 0.3) is 0 Å². The van der Waals surface area contributed by atoms with Gasteiger partial charge in [0.1, 0.15) is 11.5 Å². The van der Waals surface area contributed by atoms with E-state index < -0.39 is 68.3 Å². The van der Waals surface area contributed by atoms with Crippen molar-refractivity contribution in [1.82, 2.24) is 0 Å². The van der Waals surface area contributed by atoms with Crippen molar-refractivity contribution in [2.24, 2.45) is 0 Å². The molecule has 0 amide bonds. The molecule has 0 atom stereocenters. The second kappa shape index (κ2) is 10.9. The van der Waals surface area contributed by atoms with Crippen LogP contribution in [0.4, 0.5) is 13.2 Å². The highest BCUT2D eigenvalue weighted by molar-refractivity contribution is 7.86. The number of alkyl halides is 3. The third kappa shape index (κ3) is 9.12. The number of benzene rings is 2. The summed E-state index contributed by atoms with van der Waals surface area (Å²) in [5.74, 6) is -4.40. The quantitative estimate of drug-likeness (QED) is 0.416. The van der Waals surface area contributed by atoms with Gasteiger partial charge in [-0.1, -0.05) is 41.4 Å². The molecular formula is C19H15Cl2F3O8S2. The molecule has 0 unspecified atom stereocenters. The Morgan fingerprint density at radius 1 is 0.794 bits per heavy atom. The average Bonchev–Trinajstić information content (AvgIpc) is 2.67. The fourth-order valence-corrected chi connectivity index (χ4v) is 5.09. The molecule has 0 N–H and O–H groups in total. The Labute approximate surface area is 202 Å². The molecule has 0 spiro atoms. The lowest BCUT2D eigenvalue weighted by Gasteiger charge is -2.09. The van der Waals surface area contributed by atoms with E-state index in [1.165, 1.54) is 18.2 Å². The summed E-state index contributed by atoms with van der Waals surface area (Å²) in [7, 11) is -8.98. The normalized spacial score (nSPS) is 12.3. The molecule has 2 aromatic rings. The summed E-state index contributed by atoms with van der Waals surface area (Å²) in [5, 5.41) is 0.281. The van der Waals surface area contributed by atoms with Gasteiger partial charge in [-0.3, -0.25) is 9.59 Å². The molecule has 0 saturated heterocycles. The highest BCUT2D eigenvalue weighted by atomic mass is 35.5. The van der Waals surface area contributed by atoms with Crippen LogP contribution in [0, 0.1) is 0 Å². The molecule has 8 nitrogen and oxygen atoms in total. The van der Waals surface area contributed by atoms with Crippen molar-refractivity contribution < 1.29 is 48.0 Å². The fourth-order valence-electron chi connectivity index (χ4n) is 2.45. The van der Waals surface area contributed by atoms with Crippen LogP contribution in [0.2, 0.25) is 10.0 Å². The van der Waals surface area contributed by atoms with Gasteiger partial charge in [0.15, 0.2) is 0 Å². The molecule has 2 rings (SSSR count). The van der Waals surface area contributed by atoms with Crippen molar-refractivity contribution >= 4 is 55.4 Å². The molecule has 0 aliphatic rings. The lowest BCUT2D eigenvalue weighted by atomic mass is 10.1. The van der Waals surface area contributed by atoms with Crippen molar-refractivity contribution in [2.75, 3.05) is 0 Å². The minimum Gasteiger partial charge on any atom is -0.345 e. The molecular weight excluding hydrogens is 548 g/mol. The van der Waals surface area contributed by atoms with Crippen molar-refractivity contribution in [3.63, 3.8) is 0 Å². The highest BCUT2D eigenvalue weighted by Crippen LogP contribution is 2.29. The third-order valence-corrected chi connectivity index (χ3v) is 6.76. The lowest BCUT2D eigenvalue weighted by molar-refractivity contribution is -0.140. The van der Waals surface area contributed by atoms with Gasteiger partial charge in [-0.2, -0.15) is 30.0 Å². The number of carbonyl (C=O) groups is 2. The lowest BCUT2D eigenvalue weighted by Crippen LogP contribution is -2.19. The summed E-state index contributed by atoms with van der Waals surface area (Å²) in [4.78, 5) is 23.5. The van der Waals surface area contributed by atoms with Gasteiger partial charge in [0.2, 0.25) is 0 Å². The zero-order valence-corrected chi connectivity index (χ0v) is 20.0. The zero-order chi connectivity index (χ0) is 25.7. The Balaban J connectivity index is 1.86. The van der Waals surface area contributed by atoms with Crippen LogP contribution in [0.25, 0.3) is 0 Å². The first-order valence-corrected chi connectivity index (χ1v) is 13.0. The second-order valence-electron chi connectivity index (χ2n) is 6.75. The molecule has 0 radical (unpaired) electrons. The molecule has 34 heavy (non-hydrogen) atoms. The van der Waals surface area contributed by atoms with Crippen LogP contribution in [0.1, 0.15) is 29.5 Å². The van der Waals surface area contributed by atoms with Crippen molar-refractivity contribution in [1.29, 1.82) is 0 Å². The van der Waals surface area contributed by atoms with Gasteiger partial charge in [0.05, 0.1) is 18.4 Å². The summed E-state index contributed by atoms with van der Waals surface area (Å²) in [6.07, 6.45) is -6.25. The van der Waals surface area contributed by atoms with Crippen LogP contribution in [-0.2, 0) is 55.9 Å². The van der Waals surface area contributed by atoms with E-state index in [-0.39, 0.29) is 21.2 Å². The zero-order valence-electron chi connectivity index (χ0n) is 16.8. The number of hydrogen-bond donors (Lipinski definition) is 0. The Morgan fingerprint density at radius 3 is 1.76 bits per heavy atom. The fraction of sp³-hybridized carbons (Fsp3) is 0.263. The molecule has 0 fully saturated rings. The largest absolute Gasteiger partial charge is 0.416 e. The molecule has 186 valence electrons. The number of hydrogen-bond acceptors (Lipinski definition) is 8. The summed E-state index contributed by atoms with van der Waals surface area (Å²) in [5.41, 5.74) is -0.961. The first kappa shape index (κ1) is 27.9. The second-order valence-corrected chi connectivity index (χ2v) is 10.7. The maximum absolute atomic E-state index is 12.6. The van der Waals surface area contributed by atoms with Crippen LogP contribution >= 0.6 is 23.2 Å². The summed E-state index contributed by atoms with van der Waals surface area (Å²) >= 11 is 11.6. The van der Waals surface area contributed by atoms with Crippen LogP contribution < -0.4 is 0 Å². The van der Waals surface area contributed by atoms with Crippen molar-refractivity contribution in [3.05, 3.63) is 69.2 Å². The highest BCUT2D eigenvalue weighted by Gasteiger charge is 2.30. The van der Waals surface area contributed by atoms with Gasteiger partial charge >= 0.3 is 38.4 Å². The Morgan fingerprint density at radius 2 is 1.29 bits per heavy atom. The van der Waals surface area contributed by atoms with Crippen LogP contribution in [-0.4, -0.2) is 28.8 Å². The Bertz CT molecular complexity index is 1280. The predicted molar refractivity (Wildman–Crippen MR) is 115 cm³/mol. The summed E-state index contributed by atoms with van der Waals surface area (Å²) in [6.45, 7) is 0. The van der Waals surface area contributed by atoms with Gasteiger partial charge < -0.3 is 8.37 Å². The van der Waals surface area contributed by atoms with Gasteiger partial charge in [-0.05, 0) is 35.4 Å². The van der Waals surface area contributed by atoms with Crippen LogP contribution in [0.3, 0.4) is 0 Å². The minimum absolute atomic E-state index is 0.0222. The van der Waals surface area contributed by atoms with E-state index in [1.807, 2.05) is 0 Å². The number of halogens is 5. The molecule has 0 heterocycles. The first-order valence-electron chi connectivity index (χ1n) is 9.06. The van der Waals surface area contributed by atoms with E-state index in [2.05, 4.69) is 8.37 Å². The van der Waals surface area contributed by atoms with Gasteiger partial charge in [0, 0.05) is 10.0 Å². The van der Waals surface area contributed by atoms with E-state index in [4.69, 9.17) is 23.2 Å². The topological polar surface area (TPSA) is 121 Å². The van der Waals surface area contributed by atoms with E-state index in [1.54, 1.807) is 0 Å². The maximum atomic E-state index is 12.6. The van der Waals surface area contributed by atoms with E-state index in [9.17, 15) is 39.6 Å². The summed E-state index contributed by atoms with van der Waals surface area (Å²) in [6, 6.07) is 7.13. The third-order valence-electron chi connectivity index (χ3n) is 3.95. The molecule has 0 aliphatic carbocycles. The predicted octanol–water partition coefficient (Wildman–Crippen LogP) is 4.24. The average molecular weight is 563 g/mol. The molecule has 2 aromatic carbocycles. The van der Waals surface area contributed by atoms with E-state index >= 15 is 0 Å². The molecule has 15 heteroatoms. The molecule has 0 saturated carbocycles. The van der Waals surface area contributed by atoms with Gasteiger partial charge in [-0.25, -0.2) is 0 Å². The van der Waals surface area contributed by atoms with Crippen LogP contribution in [0.15, 0.2) is 42.5 Å². The molecule has 0 aromatic heterocycles. The SMILES string of the molecule is O=C(CCC(=O)OS(=O)(=O)Cc1ccc(Cl)cc1Cl)OS(=O)(=O)Cc1ccc(C(F)(F)F)cc1. The minimum atomic E-state index is -4.60. The van der Waals surface area contributed by atoms with Crippen molar-refractivity contribution in [2.45, 2.75) is 30.5 Å². The smallest absolute Gasteiger partial charge is 0.345 e. The molecule has 0 bridgehead atoms. The molecule has 0 aliphatic heterocycles. The van der Waals surface area contributed by atoms with Crippen LogP contribution in [0.5, 0.6) is 0 Å². The van der Waals surface area contributed by atoms with Crippen molar-refractivity contribution in [3.8, 4) is 0 Å². The van der Waals surface area contributed by atoms with E-state index in [0.717, 1.165) is 12.1 Å². The first-order chi connectivity index (χ1) is 15.6. The Kier molecular flexibility index (Phi) is 8.97.